The monoisotopic (exact) mass is 274 g/mol. The van der Waals surface area contributed by atoms with Gasteiger partial charge in [0.1, 0.15) is 0 Å². The summed E-state index contributed by atoms with van der Waals surface area (Å²) >= 11 is 0. The second-order valence-electron chi connectivity index (χ2n) is 3.55. The fourth-order valence-corrected chi connectivity index (χ4v) is 1.50. The third-order valence-corrected chi connectivity index (χ3v) is 2.69. The average Bonchev–Trinajstić information content (AvgIpc) is 2.28. The van der Waals surface area contributed by atoms with Gasteiger partial charge in [-0.05, 0) is 24.6 Å². The van der Waals surface area contributed by atoms with E-state index in [1.807, 2.05) is 0 Å². The van der Waals surface area contributed by atoms with Crippen LogP contribution in [0.1, 0.15) is 12.5 Å². The van der Waals surface area contributed by atoms with E-state index in [0.717, 1.165) is 5.56 Å². The van der Waals surface area contributed by atoms with Gasteiger partial charge in [-0.1, -0.05) is 24.8 Å². The number of ether oxygens (including phenoxy) is 1. The van der Waals surface area contributed by atoms with E-state index in [1.165, 1.54) is 12.1 Å². The summed E-state index contributed by atoms with van der Waals surface area (Å²) in [5.74, 6) is 0. The molecule has 1 aromatic carbocycles. The Labute approximate surface area is 107 Å². The molecule has 1 atom stereocenters. The molecule has 0 bridgehead atoms. The van der Waals surface area contributed by atoms with Crippen molar-refractivity contribution in [3.05, 3.63) is 36.4 Å². The molecule has 6 heteroatoms. The highest BCUT2D eigenvalue weighted by atomic mass is 32.2. The molecule has 0 aliphatic rings. The molecule has 5 nitrogen and oxygen atoms in total. The zero-order valence-corrected chi connectivity index (χ0v) is 11.2. The normalized spacial score (nSPS) is 12.2. The highest BCUT2D eigenvalue weighted by molar-refractivity contribution is 7.85. The van der Waals surface area contributed by atoms with Crippen molar-refractivity contribution in [2.75, 3.05) is 13.7 Å². The fraction of sp³-hybridized carbons (Fsp3) is 0.333. The number of aliphatic hydroxyl groups is 1. The van der Waals surface area contributed by atoms with Crippen molar-refractivity contribution in [2.45, 2.75) is 17.9 Å². The van der Waals surface area contributed by atoms with Crippen LogP contribution in [-0.4, -0.2) is 37.9 Å². The van der Waals surface area contributed by atoms with E-state index in [9.17, 15) is 8.42 Å². The average molecular weight is 274 g/mol. The van der Waals surface area contributed by atoms with Crippen molar-refractivity contribution in [2.24, 2.45) is 0 Å². The Morgan fingerprint density at radius 1 is 1.39 bits per heavy atom. The molecule has 1 unspecified atom stereocenters. The summed E-state index contributed by atoms with van der Waals surface area (Å²) in [5.41, 5.74) is 0.808. The molecule has 0 saturated carbocycles. The summed E-state index contributed by atoms with van der Waals surface area (Å²) in [4.78, 5) is -0.104. The zero-order valence-electron chi connectivity index (χ0n) is 10.4. The second kappa shape index (κ2) is 7.99. The van der Waals surface area contributed by atoms with Gasteiger partial charge in [-0.25, -0.2) is 0 Å². The van der Waals surface area contributed by atoms with Crippen LogP contribution in [0.15, 0.2) is 35.7 Å². The summed E-state index contributed by atoms with van der Waals surface area (Å²) in [6.45, 7) is 5.63. The van der Waals surface area contributed by atoms with Gasteiger partial charge in [0.05, 0.1) is 17.6 Å². The van der Waals surface area contributed by atoms with Gasteiger partial charge >= 0.3 is 0 Å². The predicted octanol–water partition coefficient (Wildman–Crippen LogP) is 1.59. The molecular weight excluding hydrogens is 256 g/mol. The number of aliphatic hydroxyl groups excluding tert-OH is 1. The summed E-state index contributed by atoms with van der Waals surface area (Å²) in [6.07, 6.45) is 1.27. The molecule has 0 amide bonds. The second-order valence-corrected chi connectivity index (χ2v) is 4.97. The van der Waals surface area contributed by atoms with E-state index in [0.29, 0.717) is 6.61 Å². The number of methoxy groups -OCH3 is 1. The molecule has 102 valence electrons. The molecule has 1 rings (SSSR count). The standard InChI is InChI=1S/C8H8O3S.C4H10O2/c1-2-7-3-5-8(6-4-7)12(9,10)11;1-4(5)3-6-2/h2-6H,1H2,(H,9,10,11);4-5H,3H2,1-2H3. The van der Waals surface area contributed by atoms with E-state index in [2.05, 4.69) is 11.3 Å². The predicted molar refractivity (Wildman–Crippen MR) is 69.9 cm³/mol. The summed E-state index contributed by atoms with van der Waals surface area (Å²) in [5, 5.41) is 8.43. The SMILES string of the molecule is C=Cc1ccc(S(=O)(=O)O)cc1.COCC(C)O. The number of hydrogen-bond acceptors (Lipinski definition) is 4. The van der Waals surface area contributed by atoms with Crippen LogP contribution < -0.4 is 0 Å². The quantitative estimate of drug-likeness (QED) is 0.815. The van der Waals surface area contributed by atoms with Gasteiger partial charge in [-0.2, -0.15) is 8.42 Å². The van der Waals surface area contributed by atoms with Crippen molar-refractivity contribution in [3.8, 4) is 0 Å². The van der Waals surface area contributed by atoms with Crippen LogP contribution in [0.25, 0.3) is 6.08 Å². The van der Waals surface area contributed by atoms with Crippen LogP contribution >= 0.6 is 0 Å². The van der Waals surface area contributed by atoms with E-state index < -0.39 is 10.1 Å². The number of benzene rings is 1. The Bertz CT molecular complexity index is 448. The molecule has 0 aliphatic carbocycles. The van der Waals surface area contributed by atoms with E-state index in [4.69, 9.17) is 9.66 Å². The van der Waals surface area contributed by atoms with Gasteiger partial charge < -0.3 is 9.84 Å². The maximum absolute atomic E-state index is 10.6. The van der Waals surface area contributed by atoms with Gasteiger partial charge in [-0.15, -0.1) is 0 Å². The van der Waals surface area contributed by atoms with Crippen LogP contribution in [0, 0.1) is 0 Å². The minimum absolute atomic E-state index is 0.104. The lowest BCUT2D eigenvalue weighted by Crippen LogP contribution is -2.07. The third-order valence-electron chi connectivity index (χ3n) is 1.82. The first kappa shape index (κ1) is 16.8. The third kappa shape index (κ3) is 7.18. The molecule has 0 radical (unpaired) electrons. The maximum atomic E-state index is 10.6. The fourth-order valence-electron chi connectivity index (χ4n) is 1.02. The van der Waals surface area contributed by atoms with Gasteiger partial charge in [0, 0.05) is 7.11 Å². The van der Waals surface area contributed by atoms with Crippen LogP contribution in [0.5, 0.6) is 0 Å². The van der Waals surface area contributed by atoms with Gasteiger partial charge in [-0.3, -0.25) is 4.55 Å². The van der Waals surface area contributed by atoms with Gasteiger partial charge in [0.2, 0.25) is 0 Å². The van der Waals surface area contributed by atoms with Crippen LogP contribution in [0.4, 0.5) is 0 Å². The van der Waals surface area contributed by atoms with E-state index in [-0.39, 0.29) is 11.0 Å². The Kier molecular flexibility index (Phi) is 7.45. The number of hydrogen-bond donors (Lipinski definition) is 2. The van der Waals surface area contributed by atoms with Crippen LogP contribution in [0.2, 0.25) is 0 Å². The zero-order chi connectivity index (χ0) is 14.2. The smallest absolute Gasteiger partial charge is 0.294 e. The molecule has 0 spiro atoms. The highest BCUT2D eigenvalue weighted by Crippen LogP contribution is 2.10. The molecule has 1 aromatic rings. The van der Waals surface area contributed by atoms with Crippen molar-refractivity contribution >= 4 is 16.2 Å². The van der Waals surface area contributed by atoms with Gasteiger partial charge in [0.15, 0.2) is 0 Å². The Morgan fingerprint density at radius 2 is 1.89 bits per heavy atom. The lowest BCUT2D eigenvalue weighted by atomic mass is 10.2. The molecular formula is C12H18O5S. The van der Waals surface area contributed by atoms with Crippen molar-refractivity contribution in [1.82, 2.24) is 0 Å². The minimum Gasteiger partial charge on any atom is -0.391 e. The lowest BCUT2D eigenvalue weighted by molar-refractivity contribution is 0.0765. The topological polar surface area (TPSA) is 83.8 Å². The lowest BCUT2D eigenvalue weighted by Gasteiger charge is -1.97. The molecule has 0 aliphatic heterocycles. The van der Waals surface area contributed by atoms with Gasteiger partial charge in [0.25, 0.3) is 10.1 Å². The van der Waals surface area contributed by atoms with Crippen LogP contribution in [0.3, 0.4) is 0 Å². The largest absolute Gasteiger partial charge is 0.391 e. The van der Waals surface area contributed by atoms with Crippen molar-refractivity contribution in [1.29, 1.82) is 0 Å². The van der Waals surface area contributed by atoms with Crippen LogP contribution in [-0.2, 0) is 14.9 Å². The maximum Gasteiger partial charge on any atom is 0.294 e. The number of rotatable bonds is 4. The summed E-state index contributed by atoms with van der Waals surface area (Å²) < 4.78 is 34.3. The first-order valence-electron chi connectivity index (χ1n) is 5.18. The van der Waals surface area contributed by atoms with Crippen molar-refractivity contribution < 1.29 is 22.8 Å². The Hall–Kier alpha value is -1.21. The highest BCUT2D eigenvalue weighted by Gasteiger charge is 2.07. The minimum atomic E-state index is -4.06. The molecule has 18 heavy (non-hydrogen) atoms. The summed E-state index contributed by atoms with van der Waals surface area (Å²) in [7, 11) is -2.50. The summed E-state index contributed by atoms with van der Waals surface area (Å²) in [6, 6.07) is 5.78. The van der Waals surface area contributed by atoms with E-state index in [1.54, 1.807) is 32.2 Å². The molecule has 0 saturated heterocycles. The Balaban J connectivity index is 0.000000411. The molecule has 0 heterocycles. The molecule has 0 fully saturated rings. The molecule has 2 N–H and O–H groups in total. The Morgan fingerprint density at radius 3 is 2.11 bits per heavy atom. The first-order chi connectivity index (χ1) is 8.31. The first-order valence-corrected chi connectivity index (χ1v) is 6.62. The van der Waals surface area contributed by atoms with Crippen molar-refractivity contribution in [3.63, 3.8) is 0 Å². The molecule has 0 aromatic heterocycles. The van der Waals surface area contributed by atoms with E-state index >= 15 is 0 Å².